The second-order valence-electron chi connectivity index (χ2n) is 5.97. The number of nitrogens with zero attached hydrogens (tertiary/aromatic N) is 3. The summed E-state index contributed by atoms with van der Waals surface area (Å²) < 4.78 is 43.1. The molecular formula is C21H20F3N3O4. The van der Waals surface area contributed by atoms with Crippen molar-refractivity contribution in [2.75, 3.05) is 13.2 Å². The number of ether oxygens (including phenoxy) is 2. The van der Waals surface area contributed by atoms with Crippen molar-refractivity contribution < 1.29 is 32.5 Å². The van der Waals surface area contributed by atoms with Gasteiger partial charge in [-0.15, -0.1) is 0 Å². The molecule has 0 saturated carbocycles. The van der Waals surface area contributed by atoms with Crippen LogP contribution in [0, 0.1) is 0 Å². The number of halogens is 3. The van der Waals surface area contributed by atoms with E-state index < -0.39 is 12.1 Å². The molecule has 1 unspecified atom stereocenters. The number of rotatable bonds is 0. The van der Waals surface area contributed by atoms with Crippen LogP contribution in [0.25, 0.3) is 6.08 Å². The van der Waals surface area contributed by atoms with Gasteiger partial charge in [-0.1, -0.05) is 24.3 Å². The molecule has 10 heteroatoms. The van der Waals surface area contributed by atoms with Crippen molar-refractivity contribution in [1.82, 2.24) is 9.88 Å². The van der Waals surface area contributed by atoms with Crippen LogP contribution in [0.2, 0.25) is 0 Å². The standard InChI is InChI=1S/C19H19N3O2.C2HF3O2/c1-2-4-6-17-14-20-9-7-19(17)24-18-8-11-22(15-18)12-10-21-16-23-13-5-3-1;3-2(4,5)1(6)7/h1-12,14,16,18H,13,15H2;(H,6,7). The van der Waals surface area contributed by atoms with E-state index in [1.165, 1.54) is 6.40 Å². The summed E-state index contributed by atoms with van der Waals surface area (Å²) >= 11 is 0. The fourth-order valence-electron chi connectivity index (χ4n) is 2.24. The molecule has 0 spiro atoms. The number of aliphatic carboxylic acids is 1. The van der Waals surface area contributed by atoms with Crippen molar-refractivity contribution in [3.63, 3.8) is 0 Å². The van der Waals surface area contributed by atoms with Crippen LogP contribution < -0.4 is 4.74 Å². The molecule has 31 heavy (non-hydrogen) atoms. The van der Waals surface area contributed by atoms with E-state index in [2.05, 4.69) is 9.98 Å². The van der Waals surface area contributed by atoms with E-state index in [4.69, 9.17) is 19.4 Å². The first-order valence-corrected chi connectivity index (χ1v) is 9.01. The maximum atomic E-state index is 10.6. The minimum Gasteiger partial charge on any atom is -0.484 e. The third-order valence-electron chi connectivity index (χ3n) is 3.63. The van der Waals surface area contributed by atoms with Gasteiger partial charge in [0, 0.05) is 36.6 Å². The third-order valence-corrected chi connectivity index (χ3v) is 3.63. The lowest BCUT2D eigenvalue weighted by molar-refractivity contribution is -0.192. The molecule has 0 saturated heterocycles. The highest BCUT2D eigenvalue weighted by molar-refractivity contribution is 5.73. The van der Waals surface area contributed by atoms with Gasteiger partial charge in [0.05, 0.1) is 6.54 Å². The number of aliphatic imine (C=N–C) groups is 1. The van der Waals surface area contributed by atoms with Gasteiger partial charge in [-0.3, -0.25) is 4.98 Å². The number of carboxylic acids is 1. The summed E-state index contributed by atoms with van der Waals surface area (Å²) in [5, 5.41) is 7.12. The number of carbonyl (C=O) groups is 1. The van der Waals surface area contributed by atoms with Gasteiger partial charge in [-0.2, -0.15) is 13.2 Å². The molecule has 2 bridgehead atoms. The van der Waals surface area contributed by atoms with E-state index in [0.29, 0.717) is 6.61 Å². The molecule has 1 aromatic heterocycles. The number of aromatic nitrogens is 1. The Morgan fingerprint density at radius 3 is 2.74 bits per heavy atom. The molecule has 164 valence electrons. The van der Waals surface area contributed by atoms with Crippen molar-refractivity contribution in [1.29, 1.82) is 0 Å². The fourth-order valence-corrected chi connectivity index (χ4v) is 2.24. The number of hydrogen-bond donors (Lipinski definition) is 1. The maximum absolute atomic E-state index is 10.6. The molecule has 1 N–H and O–H groups in total. The van der Waals surface area contributed by atoms with Crippen LogP contribution in [0.3, 0.4) is 0 Å². The van der Waals surface area contributed by atoms with Crippen LogP contribution in [-0.2, 0) is 9.53 Å². The predicted octanol–water partition coefficient (Wildman–Crippen LogP) is 3.95. The lowest BCUT2D eigenvalue weighted by Gasteiger charge is -2.16. The molecular weight excluding hydrogens is 415 g/mol. The van der Waals surface area contributed by atoms with E-state index in [9.17, 15) is 13.2 Å². The zero-order valence-electron chi connectivity index (χ0n) is 16.2. The zero-order chi connectivity index (χ0) is 22.5. The number of fused-ring (bicyclic) bond motifs is 3. The summed E-state index contributed by atoms with van der Waals surface area (Å²) in [5.74, 6) is -1.94. The molecule has 1 aromatic rings. The lowest BCUT2D eigenvalue weighted by atomic mass is 10.2. The summed E-state index contributed by atoms with van der Waals surface area (Å²) in [4.78, 5) is 19.2. The number of alkyl halides is 3. The van der Waals surface area contributed by atoms with Gasteiger partial charge in [-0.05, 0) is 24.3 Å². The highest BCUT2D eigenvalue weighted by atomic mass is 19.4. The molecule has 0 aliphatic carbocycles. The summed E-state index contributed by atoms with van der Waals surface area (Å²) in [5.41, 5.74) is 0.947. The van der Waals surface area contributed by atoms with E-state index >= 15 is 0 Å². The van der Waals surface area contributed by atoms with Crippen LogP contribution in [0.1, 0.15) is 5.56 Å². The van der Waals surface area contributed by atoms with Crippen molar-refractivity contribution in [3.05, 3.63) is 79.1 Å². The Labute approximate surface area is 176 Å². The number of hydrogen-bond acceptors (Lipinski definition) is 6. The molecule has 0 fully saturated rings. The molecule has 0 aromatic carbocycles. The van der Waals surface area contributed by atoms with Gasteiger partial charge < -0.3 is 19.5 Å². The molecule has 3 heterocycles. The van der Waals surface area contributed by atoms with Gasteiger partial charge in [0.15, 0.2) is 6.40 Å². The first kappa shape index (κ1) is 23.5. The summed E-state index contributed by atoms with van der Waals surface area (Å²) in [6.07, 6.45) is 19.1. The monoisotopic (exact) mass is 435 g/mol. The normalized spacial score (nSPS) is 18.2. The first-order chi connectivity index (χ1) is 14.9. The van der Waals surface area contributed by atoms with Crippen LogP contribution in [0.5, 0.6) is 5.75 Å². The minimum atomic E-state index is -5.08. The van der Waals surface area contributed by atoms with Crippen LogP contribution in [0.15, 0.2) is 78.5 Å². The van der Waals surface area contributed by atoms with Gasteiger partial charge in [0.2, 0.25) is 0 Å². The molecule has 0 radical (unpaired) electrons. The predicted molar refractivity (Wildman–Crippen MR) is 109 cm³/mol. The molecule has 0 amide bonds. The third kappa shape index (κ3) is 9.03. The summed E-state index contributed by atoms with van der Waals surface area (Å²) in [6, 6.07) is 1.88. The highest BCUT2D eigenvalue weighted by Crippen LogP contribution is 2.22. The highest BCUT2D eigenvalue weighted by Gasteiger charge is 2.38. The number of carboxylic acid groups (broad SMARTS) is 1. The van der Waals surface area contributed by atoms with Gasteiger partial charge in [0.1, 0.15) is 18.5 Å². The molecule has 3 rings (SSSR count). The molecule has 7 nitrogen and oxygen atoms in total. The number of allylic oxidation sites excluding steroid dienone is 4. The summed E-state index contributed by atoms with van der Waals surface area (Å²) in [7, 11) is 0. The second-order valence-corrected chi connectivity index (χ2v) is 5.97. The van der Waals surface area contributed by atoms with Crippen LogP contribution >= 0.6 is 0 Å². The van der Waals surface area contributed by atoms with E-state index in [1.807, 2.05) is 65.9 Å². The van der Waals surface area contributed by atoms with Gasteiger partial charge >= 0.3 is 12.1 Å². The SMILES string of the molecule is C1=CC=Cc2cnccc2OC2C=CN(C=CN=COCC=C1)C2.O=C(O)C(F)(F)F. The number of pyridine rings is 1. The van der Waals surface area contributed by atoms with E-state index in [0.717, 1.165) is 17.9 Å². The summed E-state index contributed by atoms with van der Waals surface area (Å²) in [6.45, 7) is 1.22. The Hall–Kier alpha value is -3.82. The zero-order valence-corrected chi connectivity index (χ0v) is 16.2. The van der Waals surface area contributed by atoms with E-state index in [-0.39, 0.29) is 6.10 Å². The Morgan fingerprint density at radius 1 is 1.19 bits per heavy atom. The minimum absolute atomic E-state index is 0.0122. The Balaban J connectivity index is 0.000000423. The smallest absolute Gasteiger partial charge is 0.484 e. The van der Waals surface area contributed by atoms with Crippen LogP contribution in [0.4, 0.5) is 13.2 Å². The quantitative estimate of drug-likeness (QED) is 0.665. The largest absolute Gasteiger partial charge is 0.490 e. The maximum Gasteiger partial charge on any atom is 0.490 e. The first-order valence-electron chi connectivity index (χ1n) is 9.01. The lowest BCUT2D eigenvalue weighted by Crippen LogP contribution is -2.22. The topological polar surface area (TPSA) is 84.3 Å². The molecule has 2 aliphatic heterocycles. The molecule has 1 atom stereocenters. The van der Waals surface area contributed by atoms with Crippen LogP contribution in [-0.4, -0.2) is 52.8 Å². The van der Waals surface area contributed by atoms with Gasteiger partial charge in [-0.25, -0.2) is 9.79 Å². The Morgan fingerprint density at radius 2 is 1.97 bits per heavy atom. The van der Waals surface area contributed by atoms with E-state index in [1.54, 1.807) is 18.6 Å². The fraction of sp³-hybridized carbons (Fsp3) is 0.190. The average molecular weight is 435 g/mol. The second kappa shape index (κ2) is 12.0. The van der Waals surface area contributed by atoms with Gasteiger partial charge in [0.25, 0.3) is 0 Å². The Bertz CT molecular complexity index is 905. The molecule has 2 aliphatic rings. The Kier molecular flexibility index (Phi) is 9.09. The average Bonchev–Trinajstić information content (AvgIpc) is 3.16. The van der Waals surface area contributed by atoms with Crippen molar-refractivity contribution in [2.45, 2.75) is 12.3 Å². The van der Waals surface area contributed by atoms with Crippen molar-refractivity contribution in [2.24, 2.45) is 4.99 Å². The van der Waals surface area contributed by atoms with Crippen molar-refractivity contribution in [3.8, 4) is 5.75 Å². The van der Waals surface area contributed by atoms with Crippen molar-refractivity contribution >= 4 is 18.4 Å².